The summed E-state index contributed by atoms with van der Waals surface area (Å²) in [5.74, 6) is 1.12. The molecular formula is C20H22Cl2N2O2. The molecule has 26 heavy (non-hydrogen) atoms. The Morgan fingerprint density at radius 2 is 1.81 bits per heavy atom. The van der Waals surface area contributed by atoms with Crippen LogP contribution in [0.25, 0.3) is 0 Å². The van der Waals surface area contributed by atoms with Crippen molar-refractivity contribution >= 4 is 29.1 Å². The average molecular weight is 393 g/mol. The maximum atomic E-state index is 11.5. The van der Waals surface area contributed by atoms with Crippen LogP contribution in [0.3, 0.4) is 0 Å². The normalized spacial score (nSPS) is 14.7. The molecule has 2 aromatic carbocycles. The zero-order valence-electron chi connectivity index (χ0n) is 14.7. The summed E-state index contributed by atoms with van der Waals surface area (Å²) in [6.45, 7) is 3.12. The molecule has 6 heteroatoms. The number of halogens is 2. The van der Waals surface area contributed by atoms with Crippen LogP contribution in [0.5, 0.6) is 5.75 Å². The van der Waals surface area contributed by atoms with Gasteiger partial charge in [-0.3, -0.25) is 4.79 Å². The van der Waals surface area contributed by atoms with E-state index in [1.165, 1.54) is 5.56 Å². The zero-order chi connectivity index (χ0) is 18.5. The van der Waals surface area contributed by atoms with E-state index in [-0.39, 0.29) is 11.8 Å². The number of benzene rings is 2. The number of nitrogens with zero attached hydrogens (tertiary/aromatic N) is 1. The smallest absolute Gasteiger partial charge is 0.225 e. The summed E-state index contributed by atoms with van der Waals surface area (Å²) < 4.78 is 5.80. The minimum atomic E-state index is 0.143. The van der Waals surface area contributed by atoms with Crippen molar-refractivity contribution < 1.29 is 9.53 Å². The first-order valence-corrected chi connectivity index (χ1v) is 9.40. The summed E-state index contributed by atoms with van der Waals surface area (Å²) in [5, 5.41) is 3.78. The van der Waals surface area contributed by atoms with E-state index >= 15 is 0 Å². The molecule has 0 aromatic heterocycles. The standard InChI is InChI=1S/C20H22Cl2N2O2/c1-23-20(25)16-11-24(12-16)9-8-14-2-5-17(6-3-14)26-13-15-4-7-18(21)19(22)10-15/h2-7,10,16H,8-9,11-13H2,1H3,(H,23,25). The van der Waals surface area contributed by atoms with Crippen LogP contribution in [-0.4, -0.2) is 37.5 Å². The van der Waals surface area contributed by atoms with Crippen LogP contribution in [-0.2, 0) is 17.8 Å². The molecule has 0 saturated carbocycles. The Hall–Kier alpha value is -1.75. The molecule has 0 aliphatic carbocycles. The summed E-state index contributed by atoms with van der Waals surface area (Å²) in [4.78, 5) is 13.8. The number of hydrogen-bond acceptors (Lipinski definition) is 3. The number of carbonyl (C=O) groups is 1. The van der Waals surface area contributed by atoms with E-state index in [0.29, 0.717) is 16.7 Å². The van der Waals surface area contributed by atoms with E-state index in [0.717, 1.165) is 37.4 Å². The van der Waals surface area contributed by atoms with Crippen LogP contribution < -0.4 is 10.1 Å². The first kappa shape index (κ1) is 19.0. The van der Waals surface area contributed by atoms with Gasteiger partial charge in [0.05, 0.1) is 16.0 Å². The minimum Gasteiger partial charge on any atom is -0.489 e. The van der Waals surface area contributed by atoms with Gasteiger partial charge in [-0.1, -0.05) is 41.4 Å². The molecule has 1 amide bonds. The number of carbonyl (C=O) groups excluding carboxylic acids is 1. The van der Waals surface area contributed by atoms with Gasteiger partial charge < -0.3 is 15.0 Å². The Bertz CT molecular complexity index is 759. The molecule has 1 saturated heterocycles. The molecule has 1 aliphatic rings. The minimum absolute atomic E-state index is 0.143. The molecular weight excluding hydrogens is 371 g/mol. The topological polar surface area (TPSA) is 41.6 Å². The number of rotatable bonds is 7. The lowest BCUT2D eigenvalue weighted by molar-refractivity contribution is -0.129. The molecule has 3 rings (SSSR count). The second-order valence-electron chi connectivity index (χ2n) is 6.50. The predicted molar refractivity (Wildman–Crippen MR) is 105 cm³/mol. The summed E-state index contributed by atoms with van der Waals surface area (Å²) in [6, 6.07) is 13.6. The van der Waals surface area contributed by atoms with Gasteiger partial charge in [-0.05, 0) is 41.8 Å². The number of amides is 1. The number of hydrogen-bond donors (Lipinski definition) is 1. The van der Waals surface area contributed by atoms with Crippen LogP contribution in [0.2, 0.25) is 10.0 Å². The Morgan fingerprint density at radius 1 is 1.12 bits per heavy atom. The second-order valence-corrected chi connectivity index (χ2v) is 7.32. The SMILES string of the molecule is CNC(=O)C1CN(CCc2ccc(OCc3ccc(Cl)c(Cl)c3)cc2)C1. The lowest BCUT2D eigenvalue weighted by Crippen LogP contribution is -2.53. The molecule has 0 bridgehead atoms. The van der Waals surface area contributed by atoms with Gasteiger partial charge in [0.25, 0.3) is 0 Å². The van der Waals surface area contributed by atoms with Crippen LogP contribution >= 0.6 is 23.2 Å². The fraction of sp³-hybridized carbons (Fsp3) is 0.350. The van der Waals surface area contributed by atoms with Gasteiger partial charge in [0, 0.05) is 26.7 Å². The van der Waals surface area contributed by atoms with Gasteiger partial charge in [0.2, 0.25) is 5.91 Å². The van der Waals surface area contributed by atoms with Gasteiger partial charge in [0.1, 0.15) is 12.4 Å². The second kappa shape index (κ2) is 8.76. The van der Waals surface area contributed by atoms with Crippen molar-refractivity contribution in [2.75, 3.05) is 26.7 Å². The number of nitrogens with one attached hydrogen (secondary N) is 1. The van der Waals surface area contributed by atoms with E-state index in [2.05, 4.69) is 22.3 Å². The summed E-state index contributed by atoms with van der Waals surface area (Å²) in [6.07, 6.45) is 0.966. The van der Waals surface area contributed by atoms with Crippen molar-refractivity contribution in [3.63, 3.8) is 0 Å². The van der Waals surface area contributed by atoms with Crippen LogP contribution in [0.1, 0.15) is 11.1 Å². The lowest BCUT2D eigenvalue weighted by atomic mass is 9.98. The third-order valence-electron chi connectivity index (χ3n) is 4.60. The molecule has 138 valence electrons. The van der Waals surface area contributed by atoms with E-state index in [4.69, 9.17) is 27.9 Å². The maximum Gasteiger partial charge on any atom is 0.225 e. The molecule has 1 fully saturated rings. The highest BCUT2D eigenvalue weighted by molar-refractivity contribution is 6.42. The Balaban J connectivity index is 1.42. The van der Waals surface area contributed by atoms with E-state index < -0.39 is 0 Å². The molecule has 4 nitrogen and oxygen atoms in total. The van der Waals surface area contributed by atoms with Crippen LogP contribution in [0, 0.1) is 5.92 Å². The molecule has 1 heterocycles. The largest absolute Gasteiger partial charge is 0.489 e. The monoisotopic (exact) mass is 392 g/mol. The van der Waals surface area contributed by atoms with Crippen molar-refractivity contribution in [1.82, 2.24) is 10.2 Å². The molecule has 0 unspecified atom stereocenters. The molecule has 0 radical (unpaired) electrons. The van der Waals surface area contributed by atoms with Crippen LogP contribution in [0.15, 0.2) is 42.5 Å². The maximum absolute atomic E-state index is 11.5. The van der Waals surface area contributed by atoms with Gasteiger partial charge in [-0.15, -0.1) is 0 Å². The zero-order valence-corrected chi connectivity index (χ0v) is 16.2. The summed E-state index contributed by atoms with van der Waals surface area (Å²) in [5.41, 5.74) is 2.24. The third-order valence-corrected chi connectivity index (χ3v) is 5.34. The van der Waals surface area contributed by atoms with Crippen LogP contribution in [0.4, 0.5) is 0 Å². The average Bonchev–Trinajstić information content (AvgIpc) is 2.62. The van der Waals surface area contributed by atoms with Gasteiger partial charge in [-0.2, -0.15) is 0 Å². The van der Waals surface area contributed by atoms with E-state index in [9.17, 15) is 4.79 Å². The lowest BCUT2D eigenvalue weighted by Gasteiger charge is -2.38. The highest BCUT2D eigenvalue weighted by Gasteiger charge is 2.31. The molecule has 0 atom stereocenters. The van der Waals surface area contributed by atoms with Crippen molar-refractivity contribution in [2.24, 2.45) is 5.92 Å². The summed E-state index contributed by atoms with van der Waals surface area (Å²) in [7, 11) is 1.69. The van der Waals surface area contributed by atoms with E-state index in [1.807, 2.05) is 24.3 Å². The van der Waals surface area contributed by atoms with Gasteiger partial charge >= 0.3 is 0 Å². The molecule has 1 aliphatic heterocycles. The van der Waals surface area contributed by atoms with Gasteiger partial charge in [-0.25, -0.2) is 0 Å². The summed E-state index contributed by atoms with van der Waals surface area (Å²) >= 11 is 11.9. The first-order valence-electron chi connectivity index (χ1n) is 8.65. The number of likely N-dealkylation sites (tertiary alicyclic amines) is 1. The Kier molecular flexibility index (Phi) is 6.41. The molecule has 2 aromatic rings. The van der Waals surface area contributed by atoms with Crippen molar-refractivity contribution in [1.29, 1.82) is 0 Å². The van der Waals surface area contributed by atoms with Gasteiger partial charge in [0.15, 0.2) is 0 Å². The Labute approximate surface area is 164 Å². The molecule has 0 spiro atoms. The number of ether oxygens (including phenoxy) is 1. The fourth-order valence-corrected chi connectivity index (χ4v) is 3.28. The van der Waals surface area contributed by atoms with Crippen molar-refractivity contribution in [3.05, 3.63) is 63.6 Å². The molecule has 1 N–H and O–H groups in total. The Morgan fingerprint density at radius 3 is 2.46 bits per heavy atom. The predicted octanol–water partition coefficient (Wildman–Crippen LogP) is 3.79. The van der Waals surface area contributed by atoms with E-state index in [1.54, 1.807) is 13.1 Å². The third kappa shape index (κ3) is 4.91. The first-order chi connectivity index (χ1) is 12.5. The highest BCUT2D eigenvalue weighted by Crippen LogP contribution is 2.23. The van der Waals surface area contributed by atoms with Crippen molar-refractivity contribution in [3.8, 4) is 5.75 Å². The highest BCUT2D eigenvalue weighted by atomic mass is 35.5. The van der Waals surface area contributed by atoms with Crippen molar-refractivity contribution in [2.45, 2.75) is 13.0 Å². The quantitative estimate of drug-likeness (QED) is 0.778. The fourth-order valence-electron chi connectivity index (χ4n) is 2.96.